The highest BCUT2D eigenvalue weighted by atomic mass is 16.1. The molecule has 0 fully saturated rings. The summed E-state index contributed by atoms with van der Waals surface area (Å²) in [6, 6.07) is 22.5. The first-order valence-electron chi connectivity index (χ1n) is 10.7. The van der Waals surface area contributed by atoms with Crippen LogP contribution in [-0.2, 0) is 6.54 Å². The molecule has 0 unspecified atom stereocenters. The zero-order valence-corrected chi connectivity index (χ0v) is 18.6. The van der Waals surface area contributed by atoms with Gasteiger partial charge in [-0.2, -0.15) is 0 Å². The molecule has 1 aliphatic heterocycles. The van der Waals surface area contributed by atoms with Gasteiger partial charge >= 0.3 is 0 Å². The van der Waals surface area contributed by atoms with Crippen LogP contribution in [0.4, 0.5) is 0 Å². The van der Waals surface area contributed by atoms with Crippen molar-refractivity contribution in [1.29, 1.82) is 0 Å². The van der Waals surface area contributed by atoms with Gasteiger partial charge in [0, 0.05) is 23.4 Å². The number of nitrogens with zero attached hydrogens (tertiary/aromatic N) is 2. The van der Waals surface area contributed by atoms with Gasteiger partial charge < -0.3 is 10.2 Å². The summed E-state index contributed by atoms with van der Waals surface area (Å²) < 4.78 is 0. The lowest BCUT2D eigenvalue weighted by atomic mass is 9.97. The summed E-state index contributed by atoms with van der Waals surface area (Å²) in [4.78, 5) is 19.8. The maximum atomic E-state index is 13.2. The number of nitrogens with one attached hydrogen (secondary N) is 1. The van der Waals surface area contributed by atoms with E-state index in [9.17, 15) is 4.79 Å². The maximum absolute atomic E-state index is 13.2. The van der Waals surface area contributed by atoms with Crippen LogP contribution in [0.1, 0.15) is 45.6 Å². The van der Waals surface area contributed by atoms with Gasteiger partial charge in [0.15, 0.2) is 0 Å². The molecule has 0 aromatic heterocycles. The largest absolute Gasteiger partial charge is 0.344 e. The quantitative estimate of drug-likeness (QED) is 0.619. The highest BCUT2D eigenvalue weighted by Crippen LogP contribution is 2.27. The molecule has 0 saturated carbocycles. The van der Waals surface area contributed by atoms with E-state index in [4.69, 9.17) is 0 Å². The summed E-state index contributed by atoms with van der Waals surface area (Å²) in [6.07, 6.45) is 0. The van der Waals surface area contributed by atoms with Gasteiger partial charge in [-0.1, -0.05) is 54.1 Å². The molecule has 1 atom stereocenters. The SMILES string of the molecule is CC1=NCc2ccc(-c3cccc(C(=O)N[C@@H](CN(C)C)c4cccc(C)c4)c3)cc21. The van der Waals surface area contributed by atoms with E-state index in [0.29, 0.717) is 5.56 Å². The molecule has 0 spiro atoms. The van der Waals surface area contributed by atoms with Crippen molar-refractivity contribution < 1.29 is 4.79 Å². The van der Waals surface area contributed by atoms with E-state index in [1.165, 1.54) is 16.7 Å². The Kier molecular flexibility index (Phi) is 6.01. The second-order valence-electron chi connectivity index (χ2n) is 8.56. The molecular weight excluding hydrogens is 382 g/mol. The Morgan fingerprint density at radius 2 is 1.77 bits per heavy atom. The molecule has 0 bridgehead atoms. The van der Waals surface area contributed by atoms with Crippen molar-refractivity contribution in [2.45, 2.75) is 26.4 Å². The zero-order valence-electron chi connectivity index (χ0n) is 18.6. The average molecular weight is 412 g/mol. The molecule has 0 aliphatic carbocycles. The first kappa shape index (κ1) is 21.0. The summed E-state index contributed by atoms with van der Waals surface area (Å²) in [5.41, 5.74) is 8.66. The number of hydrogen-bond acceptors (Lipinski definition) is 3. The van der Waals surface area contributed by atoms with E-state index in [1.807, 2.05) is 38.4 Å². The van der Waals surface area contributed by atoms with Gasteiger partial charge in [0.25, 0.3) is 5.91 Å². The lowest BCUT2D eigenvalue weighted by Crippen LogP contribution is -2.35. The number of carbonyl (C=O) groups is 1. The maximum Gasteiger partial charge on any atom is 0.251 e. The van der Waals surface area contributed by atoms with Gasteiger partial charge in [-0.3, -0.25) is 9.79 Å². The molecule has 3 aromatic carbocycles. The fourth-order valence-corrected chi connectivity index (χ4v) is 4.09. The van der Waals surface area contributed by atoms with Crippen LogP contribution in [0.3, 0.4) is 0 Å². The second-order valence-corrected chi connectivity index (χ2v) is 8.56. The lowest BCUT2D eigenvalue weighted by Gasteiger charge is -2.23. The summed E-state index contributed by atoms with van der Waals surface area (Å²) >= 11 is 0. The third-order valence-corrected chi connectivity index (χ3v) is 5.74. The topological polar surface area (TPSA) is 44.7 Å². The molecule has 3 aromatic rings. The third-order valence-electron chi connectivity index (χ3n) is 5.74. The highest BCUT2D eigenvalue weighted by Gasteiger charge is 2.18. The fourth-order valence-electron chi connectivity index (χ4n) is 4.09. The Labute approximate surface area is 184 Å². The predicted octanol–water partition coefficient (Wildman–Crippen LogP) is 5.02. The minimum absolute atomic E-state index is 0.0610. The van der Waals surface area contributed by atoms with Gasteiger partial charge in [0.2, 0.25) is 0 Å². The van der Waals surface area contributed by atoms with E-state index < -0.39 is 0 Å². The number of amides is 1. The molecule has 158 valence electrons. The van der Waals surface area contributed by atoms with Crippen molar-refractivity contribution >= 4 is 11.6 Å². The van der Waals surface area contributed by atoms with E-state index in [0.717, 1.165) is 35.5 Å². The fraction of sp³-hybridized carbons (Fsp3) is 0.259. The molecule has 1 N–H and O–H groups in total. The monoisotopic (exact) mass is 411 g/mol. The van der Waals surface area contributed by atoms with E-state index in [1.54, 1.807) is 0 Å². The second kappa shape index (κ2) is 8.86. The van der Waals surface area contributed by atoms with Crippen molar-refractivity contribution in [1.82, 2.24) is 10.2 Å². The minimum Gasteiger partial charge on any atom is -0.344 e. The molecule has 1 aliphatic rings. The molecule has 0 saturated heterocycles. The number of benzene rings is 3. The molecule has 4 heteroatoms. The van der Waals surface area contributed by atoms with Crippen molar-refractivity contribution in [3.8, 4) is 11.1 Å². The van der Waals surface area contributed by atoms with Crippen LogP contribution in [-0.4, -0.2) is 37.2 Å². The van der Waals surface area contributed by atoms with Crippen LogP contribution in [0, 0.1) is 6.92 Å². The van der Waals surface area contributed by atoms with Crippen LogP contribution < -0.4 is 5.32 Å². The summed E-state index contributed by atoms with van der Waals surface area (Å²) in [7, 11) is 4.05. The van der Waals surface area contributed by atoms with E-state index in [-0.39, 0.29) is 11.9 Å². The van der Waals surface area contributed by atoms with Crippen molar-refractivity contribution in [3.63, 3.8) is 0 Å². The van der Waals surface area contributed by atoms with Gasteiger partial charge in [-0.05, 0) is 68.4 Å². The standard InChI is InChI=1S/C27H29N3O/c1-18-7-5-9-22(13-18)26(17-30(3)4)29-27(31)23-10-6-8-20(14-23)21-11-12-24-16-28-19(2)25(24)15-21/h5-15,26H,16-17H2,1-4H3,(H,29,31)/t26-/m0/s1. The van der Waals surface area contributed by atoms with Crippen LogP contribution in [0.25, 0.3) is 11.1 Å². The Balaban J connectivity index is 1.59. The average Bonchev–Trinajstić information content (AvgIpc) is 3.13. The van der Waals surface area contributed by atoms with Crippen LogP contribution in [0.15, 0.2) is 71.7 Å². The summed E-state index contributed by atoms with van der Waals surface area (Å²) in [6.45, 7) is 5.62. The Morgan fingerprint density at radius 1 is 1.00 bits per heavy atom. The number of aryl methyl sites for hydroxylation is 1. The smallest absolute Gasteiger partial charge is 0.251 e. The van der Waals surface area contributed by atoms with E-state index in [2.05, 4.69) is 71.5 Å². The molecule has 31 heavy (non-hydrogen) atoms. The first-order valence-corrected chi connectivity index (χ1v) is 10.7. The van der Waals surface area contributed by atoms with Crippen molar-refractivity contribution in [3.05, 3.63) is 94.5 Å². The van der Waals surface area contributed by atoms with Crippen LogP contribution >= 0.6 is 0 Å². The van der Waals surface area contributed by atoms with Gasteiger partial charge in [0.05, 0.1) is 12.6 Å². The lowest BCUT2D eigenvalue weighted by molar-refractivity contribution is 0.0930. The zero-order chi connectivity index (χ0) is 22.0. The summed E-state index contributed by atoms with van der Waals surface area (Å²) in [5, 5.41) is 3.24. The molecule has 4 rings (SSSR count). The van der Waals surface area contributed by atoms with Crippen LogP contribution in [0.5, 0.6) is 0 Å². The van der Waals surface area contributed by atoms with Gasteiger partial charge in [-0.15, -0.1) is 0 Å². The highest BCUT2D eigenvalue weighted by molar-refractivity contribution is 6.03. The Bertz CT molecular complexity index is 1150. The van der Waals surface area contributed by atoms with Crippen molar-refractivity contribution in [2.75, 3.05) is 20.6 Å². The summed E-state index contributed by atoms with van der Waals surface area (Å²) in [5.74, 6) is -0.0610. The number of aliphatic imine (C=N–C) groups is 1. The number of rotatable bonds is 6. The van der Waals surface area contributed by atoms with Crippen molar-refractivity contribution in [2.24, 2.45) is 4.99 Å². The Morgan fingerprint density at radius 3 is 2.55 bits per heavy atom. The van der Waals surface area contributed by atoms with Crippen LogP contribution in [0.2, 0.25) is 0 Å². The molecule has 4 nitrogen and oxygen atoms in total. The number of likely N-dealkylation sites (N-methyl/N-ethyl adjacent to an activating group) is 1. The first-order chi connectivity index (χ1) is 14.9. The predicted molar refractivity (Wildman–Crippen MR) is 128 cm³/mol. The Hall–Kier alpha value is -3.24. The molecule has 1 heterocycles. The molecule has 1 amide bonds. The van der Waals surface area contributed by atoms with E-state index >= 15 is 0 Å². The number of fused-ring (bicyclic) bond motifs is 1. The van der Waals surface area contributed by atoms with Gasteiger partial charge in [0.1, 0.15) is 0 Å². The normalized spacial score (nSPS) is 13.6. The molecular formula is C27H29N3O. The number of carbonyl (C=O) groups excluding carboxylic acids is 1. The number of hydrogen-bond donors (Lipinski definition) is 1. The van der Waals surface area contributed by atoms with Gasteiger partial charge in [-0.25, -0.2) is 0 Å². The third kappa shape index (κ3) is 4.75. The molecule has 0 radical (unpaired) electrons. The minimum atomic E-state index is -0.0788.